The molecule has 1 saturated heterocycles. The molecule has 206 valence electrons. The second-order valence-electron chi connectivity index (χ2n) is 11.2. The zero-order chi connectivity index (χ0) is 27.7. The smallest absolute Gasteiger partial charge is 0.302 e. The highest BCUT2D eigenvalue weighted by Crippen LogP contribution is 2.38. The van der Waals surface area contributed by atoms with Crippen molar-refractivity contribution in [2.75, 3.05) is 37.8 Å². The van der Waals surface area contributed by atoms with Gasteiger partial charge in [0.1, 0.15) is 0 Å². The number of ether oxygens (including phenoxy) is 2. The van der Waals surface area contributed by atoms with E-state index in [4.69, 9.17) is 19.6 Å². The number of esters is 1. The summed E-state index contributed by atoms with van der Waals surface area (Å²) < 4.78 is 14.7. The first-order valence-corrected chi connectivity index (χ1v) is 13.7. The Bertz CT molecular complexity index is 1550. The Morgan fingerprint density at radius 3 is 2.67 bits per heavy atom. The van der Waals surface area contributed by atoms with Crippen molar-refractivity contribution in [2.45, 2.75) is 33.7 Å². The molecule has 1 aromatic carbocycles. The lowest BCUT2D eigenvalue weighted by Crippen LogP contribution is -2.37. The molecule has 9 nitrogen and oxygen atoms in total. The Hall–Kier alpha value is -4.24. The van der Waals surface area contributed by atoms with Crippen LogP contribution in [0, 0.1) is 5.41 Å². The highest BCUT2D eigenvalue weighted by Gasteiger charge is 2.26. The second kappa shape index (κ2) is 10.7. The van der Waals surface area contributed by atoms with Gasteiger partial charge in [0.05, 0.1) is 37.4 Å². The van der Waals surface area contributed by atoms with Gasteiger partial charge in [0.15, 0.2) is 5.82 Å². The summed E-state index contributed by atoms with van der Waals surface area (Å²) in [4.78, 5) is 18.7. The standard InChI is InChI=1S/C31H34N6O3/c1-22(38)40-21-31(2,3)20-36-19-25(18-32-36)24-15-26-28(16-24)33-30(17-29(26)35-11-13-39-14-12-35)37-10-9-27(34-37)23-7-5-4-6-8-23/h4-10,16-19H,11-15,20-21H2,1-3H3. The molecule has 1 fully saturated rings. The third kappa shape index (κ3) is 5.56. The van der Waals surface area contributed by atoms with Gasteiger partial charge in [-0.05, 0) is 17.7 Å². The van der Waals surface area contributed by atoms with Crippen molar-refractivity contribution in [1.82, 2.24) is 24.5 Å². The third-order valence-corrected chi connectivity index (χ3v) is 7.30. The minimum atomic E-state index is -0.266. The van der Waals surface area contributed by atoms with Crippen molar-refractivity contribution in [3.8, 4) is 17.1 Å². The molecule has 9 heteroatoms. The van der Waals surface area contributed by atoms with E-state index in [0.29, 0.717) is 26.4 Å². The molecular weight excluding hydrogens is 504 g/mol. The molecule has 0 radical (unpaired) electrons. The number of benzene rings is 1. The summed E-state index contributed by atoms with van der Waals surface area (Å²) in [5.41, 5.74) is 7.38. The largest absolute Gasteiger partial charge is 0.465 e. The molecule has 0 amide bonds. The number of hydrogen-bond acceptors (Lipinski definition) is 7. The lowest BCUT2D eigenvalue weighted by molar-refractivity contribution is -0.144. The van der Waals surface area contributed by atoms with E-state index in [1.165, 1.54) is 23.7 Å². The van der Waals surface area contributed by atoms with E-state index in [0.717, 1.165) is 47.8 Å². The van der Waals surface area contributed by atoms with Gasteiger partial charge in [0.2, 0.25) is 0 Å². The van der Waals surface area contributed by atoms with E-state index in [9.17, 15) is 4.79 Å². The summed E-state index contributed by atoms with van der Waals surface area (Å²) in [7, 11) is 0. The van der Waals surface area contributed by atoms with E-state index in [-0.39, 0.29) is 11.4 Å². The molecule has 3 aromatic heterocycles. The van der Waals surface area contributed by atoms with E-state index in [2.05, 4.69) is 54.3 Å². The van der Waals surface area contributed by atoms with Crippen LogP contribution < -0.4 is 4.90 Å². The number of fused-ring (bicyclic) bond motifs is 1. The number of hydrogen-bond donors (Lipinski definition) is 0. The molecule has 6 rings (SSSR count). The van der Waals surface area contributed by atoms with Gasteiger partial charge in [-0.25, -0.2) is 9.67 Å². The summed E-state index contributed by atoms with van der Waals surface area (Å²) in [6, 6.07) is 14.4. The Balaban J connectivity index is 1.30. The lowest BCUT2D eigenvalue weighted by Gasteiger charge is -2.31. The first kappa shape index (κ1) is 26.0. The van der Waals surface area contributed by atoms with E-state index < -0.39 is 0 Å². The highest BCUT2D eigenvalue weighted by atomic mass is 16.5. The van der Waals surface area contributed by atoms with Gasteiger partial charge in [-0.1, -0.05) is 44.2 Å². The van der Waals surface area contributed by atoms with Crippen molar-refractivity contribution in [1.29, 1.82) is 0 Å². The maximum atomic E-state index is 11.3. The van der Waals surface area contributed by atoms with E-state index >= 15 is 0 Å². The summed E-state index contributed by atoms with van der Waals surface area (Å²) in [6.07, 6.45) is 8.92. The number of allylic oxidation sites excluding steroid dienone is 1. The number of carbonyl (C=O) groups excluding carboxylic acids is 1. The summed E-state index contributed by atoms with van der Waals surface area (Å²) in [5, 5.41) is 9.47. The average Bonchev–Trinajstić information content (AvgIpc) is 3.72. The number of anilines is 1. The second-order valence-corrected chi connectivity index (χ2v) is 11.2. The van der Waals surface area contributed by atoms with Gasteiger partial charge in [-0.3, -0.25) is 9.48 Å². The summed E-state index contributed by atoms with van der Waals surface area (Å²) >= 11 is 0. The van der Waals surface area contributed by atoms with Crippen LogP contribution in [0.2, 0.25) is 0 Å². The molecule has 4 aromatic rings. The van der Waals surface area contributed by atoms with Crippen LogP contribution in [-0.4, -0.2) is 63.4 Å². The van der Waals surface area contributed by atoms with Crippen LogP contribution in [-0.2, 0) is 27.2 Å². The van der Waals surface area contributed by atoms with Crippen molar-refractivity contribution in [3.05, 3.63) is 77.9 Å². The van der Waals surface area contributed by atoms with E-state index in [1.807, 2.05) is 46.0 Å². The van der Waals surface area contributed by atoms with Crippen LogP contribution in [0.1, 0.15) is 37.6 Å². The fourth-order valence-corrected chi connectivity index (χ4v) is 5.27. The van der Waals surface area contributed by atoms with Gasteiger partial charge in [0.25, 0.3) is 0 Å². The van der Waals surface area contributed by atoms with Crippen LogP contribution in [0.5, 0.6) is 0 Å². The first-order chi connectivity index (χ1) is 19.3. The SMILES string of the molecule is CC(=O)OCC(C)(C)Cn1cc(C2=Cc3nc(-n4ccc(-c5ccccc5)n4)cc(N4CCOCC4)c3C2)cn1. The Morgan fingerprint density at radius 1 is 1.10 bits per heavy atom. The van der Waals surface area contributed by atoms with Gasteiger partial charge < -0.3 is 14.4 Å². The molecule has 2 aliphatic rings. The minimum Gasteiger partial charge on any atom is -0.465 e. The molecule has 0 unspecified atom stereocenters. The number of aromatic nitrogens is 5. The van der Waals surface area contributed by atoms with Crippen LogP contribution in [0.3, 0.4) is 0 Å². The minimum absolute atomic E-state index is 0.232. The number of morpholine rings is 1. The molecular formula is C31H34N6O3. The van der Waals surface area contributed by atoms with Crippen LogP contribution in [0.15, 0.2) is 61.1 Å². The Labute approximate surface area is 234 Å². The lowest BCUT2D eigenvalue weighted by atomic mass is 9.95. The predicted molar refractivity (Wildman–Crippen MR) is 154 cm³/mol. The summed E-state index contributed by atoms with van der Waals surface area (Å²) in [5.74, 6) is 0.528. The third-order valence-electron chi connectivity index (χ3n) is 7.30. The van der Waals surface area contributed by atoms with E-state index in [1.54, 1.807) is 0 Å². The van der Waals surface area contributed by atoms with Gasteiger partial charge in [-0.15, -0.1) is 0 Å². The molecule has 0 spiro atoms. The topological polar surface area (TPSA) is 87.3 Å². The maximum absolute atomic E-state index is 11.3. The van der Waals surface area contributed by atoms with Crippen molar-refractivity contribution < 1.29 is 14.3 Å². The number of rotatable bonds is 8. The molecule has 0 N–H and O–H groups in total. The predicted octanol–water partition coefficient (Wildman–Crippen LogP) is 4.65. The molecule has 0 atom stereocenters. The normalized spacial score (nSPS) is 15.2. The number of nitrogens with zero attached hydrogens (tertiary/aromatic N) is 6. The molecule has 4 heterocycles. The number of pyridine rings is 1. The first-order valence-electron chi connectivity index (χ1n) is 13.7. The van der Waals surface area contributed by atoms with Crippen molar-refractivity contribution in [3.63, 3.8) is 0 Å². The Morgan fingerprint density at radius 2 is 1.90 bits per heavy atom. The molecule has 1 aliphatic carbocycles. The average molecular weight is 539 g/mol. The zero-order valence-electron chi connectivity index (χ0n) is 23.2. The molecule has 0 bridgehead atoms. The van der Waals surface area contributed by atoms with Crippen molar-refractivity contribution >= 4 is 23.3 Å². The molecule has 40 heavy (non-hydrogen) atoms. The highest BCUT2D eigenvalue weighted by molar-refractivity contribution is 5.90. The molecule has 1 aliphatic heterocycles. The monoisotopic (exact) mass is 538 g/mol. The Kier molecular flexibility index (Phi) is 6.98. The fraction of sp³-hybridized carbons (Fsp3) is 0.355. The summed E-state index contributed by atoms with van der Waals surface area (Å²) in [6.45, 7) is 9.67. The maximum Gasteiger partial charge on any atom is 0.302 e. The fourth-order valence-electron chi connectivity index (χ4n) is 5.27. The van der Waals surface area contributed by atoms with Gasteiger partial charge in [0, 0.05) is 79.2 Å². The van der Waals surface area contributed by atoms with Gasteiger partial charge >= 0.3 is 5.97 Å². The molecule has 0 saturated carbocycles. The van der Waals surface area contributed by atoms with Crippen molar-refractivity contribution in [2.24, 2.45) is 5.41 Å². The van der Waals surface area contributed by atoms with Gasteiger partial charge in [-0.2, -0.15) is 10.2 Å². The quantitative estimate of drug-likeness (QED) is 0.302. The zero-order valence-corrected chi connectivity index (χ0v) is 23.2. The van der Waals surface area contributed by atoms with Crippen LogP contribution in [0.25, 0.3) is 28.7 Å². The number of carbonyl (C=O) groups is 1. The van der Waals surface area contributed by atoms with Crippen LogP contribution in [0.4, 0.5) is 5.69 Å². The van der Waals surface area contributed by atoms with Crippen LogP contribution >= 0.6 is 0 Å².